The predicted octanol–water partition coefficient (Wildman–Crippen LogP) is 2.21. The number of aromatic nitrogens is 1. The number of ether oxygens (including phenoxy) is 1. The fourth-order valence-electron chi connectivity index (χ4n) is 1.79. The lowest BCUT2D eigenvalue weighted by Gasteiger charge is -2.07. The van der Waals surface area contributed by atoms with Crippen molar-refractivity contribution < 1.29 is 9.53 Å². The Morgan fingerprint density at radius 3 is 2.62 bits per heavy atom. The number of hydrogen-bond donors (Lipinski definition) is 2. The van der Waals surface area contributed by atoms with Crippen LogP contribution in [0.15, 0.2) is 48.8 Å². The Bertz CT molecular complexity index is 555. The van der Waals surface area contributed by atoms with E-state index in [4.69, 9.17) is 4.74 Å². The van der Waals surface area contributed by atoms with E-state index in [-0.39, 0.29) is 5.91 Å². The molecule has 1 aromatic heterocycles. The van der Waals surface area contributed by atoms with E-state index in [1.165, 1.54) is 0 Å². The number of carbonyl (C=O) groups is 1. The Hall–Kier alpha value is -2.40. The van der Waals surface area contributed by atoms with E-state index < -0.39 is 0 Å². The van der Waals surface area contributed by atoms with Gasteiger partial charge < -0.3 is 15.4 Å². The first-order valence-corrected chi connectivity index (χ1v) is 6.90. The normalized spacial score (nSPS) is 10.1. The van der Waals surface area contributed by atoms with Gasteiger partial charge in [-0.1, -0.05) is 0 Å². The van der Waals surface area contributed by atoms with E-state index >= 15 is 0 Å². The molecule has 0 radical (unpaired) electrons. The van der Waals surface area contributed by atoms with Crippen molar-refractivity contribution in [2.24, 2.45) is 0 Å². The lowest BCUT2D eigenvalue weighted by atomic mass is 10.2. The van der Waals surface area contributed by atoms with Crippen molar-refractivity contribution in [1.82, 2.24) is 15.6 Å². The summed E-state index contributed by atoms with van der Waals surface area (Å²) < 4.78 is 5.62. The van der Waals surface area contributed by atoms with Crippen LogP contribution in [0.2, 0.25) is 0 Å². The molecule has 0 saturated carbocycles. The Morgan fingerprint density at radius 1 is 1.14 bits per heavy atom. The van der Waals surface area contributed by atoms with Crippen molar-refractivity contribution in [3.05, 3.63) is 54.4 Å². The molecule has 2 aromatic rings. The van der Waals surface area contributed by atoms with Gasteiger partial charge in [0.05, 0.1) is 6.20 Å². The monoisotopic (exact) mass is 285 g/mol. The summed E-state index contributed by atoms with van der Waals surface area (Å²) in [6.45, 7) is 1.55. The molecule has 2 rings (SSSR count). The number of rotatable bonds is 7. The van der Waals surface area contributed by atoms with Gasteiger partial charge in [-0.2, -0.15) is 0 Å². The summed E-state index contributed by atoms with van der Waals surface area (Å²) in [7, 11) is 1.89. The third-order valence-corrected chi connectivity index (χ3v) is 2.88. The molecule has 1 heterocycles. The SMILES string of the molecule is CNCCCNC(=O)c1ccc(Oc2cccnc2)cc1. The number of benzene rings is 1. The molecule has 0 aliphatic heterocycles. The van der Waals surface area contributed by atoms with Gasteiger partial charge in [-0.3, -0.25) is 9.78 Å². The second-order valence-electron chi connectivity index (χ2n) is 4.53. The van der Waals surface area contributed by atoms with Crippen molar-refractivity contribution in [2.75, 3.05) is 20.1 Å². The lowest BCUT2D eigenvalue weighted by molar-refractivity contribution is 0.0953. The molecule has 21 heavy (non-hydrogen) atoms. The molecule has 0 saturated heterocycles. The minimum atomic E-state index is -0.0703. The summed E-state index contributed by atoms with van der Waals surface area (Å²) in [6, 6.07) is 10.7. The quantitative estimate of drug-likeness (QED) is 0.766. The van der Waals surface area contributed by atoms with E-state index in [1.54, 1.807) is 36.7 Å². The molecule has 0 aliphatic carbocycles. The van der Waals surface area contributed by atoms with Crippen LogP contribution >= 0.6 is 0 Å². The van der Waals surface area contributed by atoms with Gasteiger partial charge in [0.25, 0.3) is 5.91 Å². The topological polar surface area (TPSA) is 63.2 Å². The summed E-state index contributed by atoms with van der Waals surface area (Å²) in [6.07, 6.45) is 4.24. The van der Waals surface area contributed by atoms with Crippen LogP contribution in [-0.4, -0.2) is 31.0 Å². The molecule has 1 aromatic carbocycles. The Balaban J connectivity index is 1.88. The van der Waals surface area contributed by atoms with Gasteiger partial charge in [-0.05, 0) is 56.4 Å². The average Bonchev–Trinajstić information content (AvgIpc) is 2.53. The van der Waals surface area contributed by atoms with E-state index in [1.807, 2.05) is 19.2 Å². The summed E-state index contributed by atoms with van der Waals surface area (Å²) >= 11 is 0. The molecular weight excluding hydrogens is 266 g/mol. The maximum atomic E-state index is 11.9. The molecule has 110 valence electrons. The number of amides is 1. The Kier molecular flexibility index (Phi) is 5.72. The maximum Gasteiger partial charge on any atom is 0.251 e. The highest BCUT2D eigenvalue weighted by Gasteiger charge is 2.05. The fraction of sp³-hybridized carbons (Fsp3) is 0.250. The van der Waals surface area contributed by atoms with Crippen LogP contribution < -0.4 is 15.4 Å². The minimum absolute atomic E-state index is 0.0703. The maximum absolute atomic E-state index is 11.9. The zero-order valence-electron chi connectivity index (χ0n) is 12.0. The molecule has 0 unspecified atom stereocenters. The highest BCUT2D eigenvalue weighted by molar-refractivity contribution is 5.94. The average molecular weight is 285 g/mol. The molecule has 0 bridgehead atoms. The van der Waals surface area contributed by atoms with Gasteiger partial charge in [0, 0.05) is 18.3 Å². The number of hydrogen-bond acceptors (Lipinski definition) is 4. The van der Waals surface area contributed by atoms with Gasteiger partial charge >= 0.3 is 0 Å². The first-order chi connectivity index (χ1) is 10.3. The number of carbonyl (C=O) groups excluding carboxylic acids is 1. The summed E-state index contributed by atoms with van der Waals surface area (Å²) in [5.41, 5.74) is 0.623. The van der Waals surface area contributed by atoms with Crippen LogP contribution in [0.3, 0.4) is 0 Å². The smallest absolute Gasteiger partial charge is 0.251 e. The highest BCUT2D eigenvalue weighted by Crippen LogP contribution is 2.20. The number of nitrogens with zero attached hydrogens (tertiary/aromatic N) is 1. The predicted molar refractivity (Wildman–Crippen MR) is 81.6 cm³/mol. The molecule has 0 fully saturated rings. The summed E-state index contributed by atoms with van der Waals surface area (Å²) in [4.78, 5) is 15.9. The number of nitrogens with one attached hydrogen (secondary N) is 2. The largest absolute Gasteiger partial charge is 0.456 e. The van der Waals surface area contributed by atoms with Gasteiger partial charge in [0.1, 0.15) is 11.5 Å². The van der Waals surface area contributed by atoms with Crippen LogP contribution in [0.4, 0.5) is 0 Å². The van der Waals surface area contributed by atoms with Crippen LogP contribution in [0.5, 0.6) is 11.5 Å². The summed E-state index contributed by atoms with van der Waals surface area (Å²) in [5.74, 6) is 1.27. The zero-order valence-corrected chi connectivity index (χ0v) is 12.0. The number of pyridine rings is 1. The third-order valence-electron chi connectivity index (χ3n) is 2.88. The van der Waals surface area contributed by atoms with Crippen LogP contribution in [0, 0.1) is 0 Å². The first-order valence-electron chi connectivity index (χ1n) is 6.90. The Morgan fingerprint density at radius 2 is 1.95 bits per heavy atom. The van der Waals surface area contributed by atoms with Gasteiger partial charge in [0.15, 0.2) is 0 Å². The van der Waals surface area contributed by atoms with Gasteiger partial charge in [0.2, 0.25) is 0 Å². The van der Waals surface area contributed by atoms with Crippen molar-refractivity contribution in [2.45, 2.75) is 6.42 Å². The Labute approximate surface area is 124 Å². The van der Waals surface area contributed by atoms with Crippen molar-refractivity contribution in [3.63, 3.8) is 0 Å². The van der Waals surface area contributed by atoms with E-state index in [0.717, 1.165) is 13.0 Å². The lowest BCUT2D eigenvalue weighted by Crippen LogP contribution is -2.26. The first kappa shape index (κ1) is 15.0. The minimum Gasteiger partial charge on any atom is -0.456 e. The van der Waals surface area contributed by atoms with Gasteiger partial charge in [-0.15, -0.1) is 0 Å². The molecule has 5 heteroatoms. The molecular formula is C16H19N3O2. The molecule has 1 amide bonds. The summed E-state index contributed by atoms with van der Waals surface area (Å²) in [5, 5.41) is 5.91. The van der Waals surface area contributed by atoms with Crippen molar-refractivity contribution in [3.8, 4) is 11.5 Å². The van der Waals surface area contributed by atoms with Crippen molar-refractivity contribution in [1.29, 1.82) is 0 Å². The standard InChI is InChI=1S/C16H19N3O2/c1-17-9-3-11-19-16(20)13-5-7-14(8-6-13)21-15-4-2-10-18-12-15/h2,4-8,10,12,17H,3,9,11H2,1H3,(H,19,20). The van der Waals surface area contributed by atoms with E-state index in [2.05, 4.69) is 15.6 Å². The zero-order chi connectivity index (χ0) is 14.9. The highest BCUT2D eigenvalue weighted by atomic mass is 16.5. The van der Waals surface area contributed by atoms with Crippen molar-refractivity contribution >= 4 is 5.91 Å². The molecule has 0 atom stereocenters. The second-order valence-corrected chi connectivity index (χ2v) is 4.53. The van der Waals surface area contributed by atoms with E-state index in [9.17, 15) is 4.79 Å². The van der Waals surface area contributed by atoms with Crippen LogP contribution in [0.1, 0.15) is 16.8 Å². The van der Waals surface area contributed by atoms with E-state index in [0.29, 0.717) is 23.6 Å². The van der Waals surface area contributed by atoms with Crippen LogP contribution in [0.25, 0.3) is 0 Å². The third kappa shape index (κ3) is 4.89. The van der Waals surface area contributed by atoms with Gasteiger partial charge in [-0.25, -0.2) is 0 Å². The molecule has 2 N–H and O–H groups in total. The second kappa shape index (κ2) is 8.01. The fourth-order valence-corrected chi connectivity index (χ4v) is 1.79. The molecule has 5 nitrogen and oxygen atoms in total. The molecule has 0 aliphatic rings. The van der Waals surface area contributed by atoms with Crippen LogP contribution in [-0.2, 0) is 0 Å². The molecule has 0 spiro atoms.